The molecule has 1 aromatic heterocycles. The number of carbonyl (C=O) groups excluding carboxylic acids is 1. The fraction of sp³-hybridized carbons (Fsp3) is 0.321. The Hall–Kier alpha value is -3.91. The maximum absolute atomic E-state index is 13.2. The summed E-state index contributed by atoms with van der Waals surface area (Å²) < 4.78 is 1.37. The molecule has 192 valence electrons. The number of fused-ring (bicyclic) bond motifs is 1. The number of rotatable bonds is 13. The van der Waals surface area contributed by atoms with Crippen molar-refractivity contribution in [1.29, 1.82) is 0 Å². The van der Waals surface area contributed by atoms with Crippen molar-refractivity contribution in [3.8, 4) is 0 Å². The molecule has 1 heterocycles. The molecule has 0 atom stereocenters. The zero-order chi connectivity index (χ0) is 26.7. The lowest BCUT2D eigenvalue weighted by molar-refractivity contribution is -0.127. The van der Waals surface area contributed by atoms with Gasteiger partial charge in [0.1, 0.15) is 0 Å². The highest BCUT2D eigenvalue weighted by Gasteiger charge is 2.18. The van der Waals surface area contributed by atoms with Gasteiger partial charge in [-0.15, -0.1) is 0 Å². The number of aromatic nitrogens is 2. The Bertz CT molecular complexity index is 1250. The first-order valence-electron chi connectivity index (χ1n) is 12.1. The molecule has 0 unspecified atom stereocenters. The van der Waals surface area contributed by atoms with Crippen LogP contribution in [0.5, 0.6) is 0 Å². The molecule has 0 fully saturated rings. The third-order valence-corrected chi connectivity index (χ3v) is 5.49. The quantitative estimate of drug-likeness (QED) is 0.292. The lowest BCUT2D eigenvalue weighted by Crippen LogP contribution is -2.34. The van der Waals surface area contributed by atoms with E-state index < -0.39 is 0 Å². The molecule has 0 aliphatic carbocycles. The molecule has 0 aliphatic heterocycles. The van der Waals surface area contributed by atoms with Gasteiger partial charge in [-0.25, -0.2) is 4.98 Å². The average molecular weight is 492 g/mol. The van der Waals surface area contributed by atoms with Gasteiger partial charge < -0.3 is 21.5 Å². The highest BCUT2D eigenvalue weighted by atomic mass is 16.3. The van der Waals surface area contributed by atoms with Gasteiger partial charge in [0.05, 0.1) is 30.4 Å². The van der Waals surface area contributed by atoms with Crippen LogP contribution in [0, 0.1) is 0 Å². The molecule has 36 heavy (non-hydrogen) atoms. The molecule has 0 spiro atoms. The second-order valence-electron chi connectivity index (χ2n) is 8.49. The van der Waals surface area contributed by atoms with Crippen LogP contribution in [0.2, 0.25) is 0 Å². The van der Waals surface area contributed by atoms with E-state index in [1.54, 1.807) is 42.5 Å². The molecule has 8 nitrogen and oxygen atoms in total. The van der Waals surface area contributed by atoms with Crippen LogP contribution in [0.3, 0.4) is 0 Å². The highest BCUT2D eigenvalue weighted by molar-refractivity contribution is 5.94. The zero-order valence-electron chi connectivity index (χ0n) is 21.2. The number of benzene rings is 1. The summed E-state index contributed by atoms with van der Waals surface area (Å²) in [6.07, 6.45) is 10.2. The molecule has 8 heteroatoms. The summed E-state index contributed by atoms with van der Waals surface area (Å²) in [6.45, 7) is 13.1. The summed E-state index contributed by atoms with van der Waals surface area (Å²) in [5.41, 5.74) is 15.2. The minimum atomic E-state index is -0.207. The lowest BCUT2D eigenvalue weighted by atomic mass is 10.0. The largest absolute Gasteiger partial charge is 0.402 e. The number of carbonyl (C=O) groups is 1. The fourth-order valence-corrected chi connectivity index (χ4v) is 3.77. The molecule has 0 aliphatic rings. The Balaban J connectivity index is 2.41. The number of hydrogen-bond donors (Lipinski definition) is 3. The van der Waals surface area contributed by atoms with Crippen LogP contribution >= 0.6 is 0 Å². The highest BCUT2D eigenvalue weighted by Crippen LogP contribution is 2.18. The van der Waals surface area contributed by atoms with E-state index in [0.717, 1.165) is 18.4 Å². The van der Waals surface area contributed by atoms with Gasteiger partial charge in [0.25, 0.3) is 5.56 Å². The van der Waals surface area contributed by atoms with Gasteiger partial charge in [-0.1, -0.05) is 45.2 Å². The zero-order valence-corrected chi connectivity index (χ0v) is 21.2. The Morgan fingerprint density at radius 3 is 2.50 bits per heavy atom. The first-order valence-corrected chi connectivity index (χ1v) is 12.1. The number of hydrogen-bond acceptors (Lipinski definition) is 6. The molecule has 1 amide bonds. The molecule has 0 saturated carbocycles. The molecule has 0 bridgehead atoms. The predicted octanol–water partition coefficient (Wildman–Crippen LogP) is 3.24. The Morgan fingerprint density at radius 1 is 1.22 bits per heavy atom. The monoisotopic (exact) mass is 491 g/mol. The summed E-state index contributed by atoms with van der Waals surface area (Å²) >= 11 is 0. The van der Waals surface area contributed by atoms with Gasteiger partial charge in [-0.05, 0) is 48.3 Å². The number of nitrogens with two attached hydrogens (primary N) is 2. The first-order chi connectivity index (χ1) is 17.2. The summed E-state index contributed by atoms with van der Waals surface area (Å²) in [4.78, 5) is 31.9. The Morgan fingerprint density at radius 2 is 1.92 bits per heavy atom. The number of amides is 1. The Kier molecular flexibility index (Phi) is 10.9. The van der Waals surface area contributed by atoms with Crippen LogP contribution in [-0.2, 0) is 11.3 Å². The van der Waals surface area contributed by atoms with E-state index in [4.69, 9.17) is 16.6 Å². The molecule has 0 saturated heterocycles. The fourth-order valence-electron chi connectivity index (χ4n) is 3.77. The van der Waals surface area contributed by atoms with Gasteiger partial charge in [-0.3, -0.25) is 14.2 Å². The molecular formula is C28H37N5O3. The van der Waals surface area contributed by atoms with Crippen molar-refractivity contribution in [2.24, 2.45) is 11.5 Å². The molecule has 0 radical (unpaired) electrons. The lowest BCUT2D eigenvalue weighted by Gasteiger charge is -2.23. The van der Waals surface area contributed by atoms with E-state index >= 15 is 0 Å². The summed E-state index contributed by atoms with van der Waals surface area (Å²) in [5.74, 6) is -0.0890. The average Bonchev–Trinajstić information content (AvgIpc) is 2.86. The van der Waals surface area contributed by atoms with Gasteiger partial charge in [0.15, 0.2) is 0 Å². The summed E-state index contributed by atoms with van der Waals surface area (Å²) in [7, 11) is 0. The molecule has 2 aromatic rings. The standard InChI is InChI=1S/C28H37N5O3/c1-5-12-32(13-6-2)27(35)23(16-20(4)29)18-22(7-3)25(30)11-9-21-8-10-24-26(17-21)31-19-33(14-15-34)28(24)36/h7-11,17-19,34H,3-6,12-16,29-30H2,1-2H3/b11-9+,23-18+,25-22-. The van der Waals surface area contributed by atoms with Crippen molar-refractivity contribution < 1.29 is 9.90 Å². The van der Waals surface area contributed by atoms with Crippen molar-refractivity contribution in [3.63, 3.8) is 0 Å². The summed E-state index contributed by atoms with van der Waals surface area (Å²) in [5, 5.41) is 9.56. The normalized spacial score (nSPS) is 12.6. The van der Waals surface area contributed by atoms with E-state index in [1.165, 1.54) is 10.9 Å². The van der Waals surface area contributed by atoms with Crippen molar-refractivity contribution >= 4 is 22.9 Å². The number of nitrogens with zero attached hydrogens (tertiary/aromatic N) is 3. The summed E-state index contributed by atoms with van der Waals surface area (Å²) in [6, 6.07) is 5.28. The van der Waals surface area contributed by atoms with Gasteiger partial charge in [0.2, 0.25) is 5.91 Å². The number of allylic oxidation sites excluding steroid dienone is 5. The van der Waals surface area contributed by atoms with Crippen molar-refractivity contribution in [3.05, 3.63) is 94.4 Å². The van der Waals surface area contributed by atoms with Crippen LogP contribution in [-0.4, -0.2) is 45.2 Å². The maximum Gasteiger partial charge on any atom is 0.261 e. The molecule has 1 aromatic carbocycles. The van der Waals surface area contributed by atoms with Crippen LogP contribution in [0.4, 0.5) is 0 Å². The minimum absolute atomic E-state index is 0.0890. The molecule has 5 N–H and O–H groups in total. The smallest absolute Gasteiger partial charge is 0.261 e. The van der Waals surface area contributed by atoms with E-state index in [1.807, 2.05) is 18.7 Å². The third-order valence-electron chi connectivity index (χ3n) is 5.49. The predicted molar refractivity (Wildman–Crippen MR) is 147 cm³/mol. The van der Waals surface area contributed by atoms with Gasteiger partial charge in [0, 0.05) is 36.5 Å². The van der Waals surface area contributed by atoms with Crippen LogP contribution in [0.15, 0.2) is 83.2 Å². The van der Waals surface area contributed by atoms with Crippen molar-refractivity contribution in [1.82, 2.24) is 14.5 Å². The minimum Gasteiger partial charge on any atom is -0.402 e. The second kappa shape index (κ2) is 13.8. The molecular weight excluding hydrogens is 454 g/mol. The van der Waals surface area contributed by atoms with Crippen LogP contribution < -0.4 is 17.0 Å². The number of aliphatic hydroxyl groups excluding tert-OH is 1. The van der Waals surface area contributed by atoms with E-state index in [0.29, 0.717) is 46.5 Å². The van der Waals surface area contributed by atoms with Crippen LogP contribution in [0.25, 0.3) is 17.0 Å². The van der Waals surface area contributed by atoms with Gasteiger partial charge in [-0.2, -0.15) is 0 Å². The number of aliphatic hydroxyl groups is 1. The van der Waals surface area contributed by atoms with Crippen molar-refractivity contribution in [2.75, 3.05) is 19.7 Å². The maximum atomic E-state index is 13.2. The first kappa shape index (κ1) is 28.3. The topological polar surface area (TPSA) is 127 Å². The van der Waals surface area contributed by atoms with E-state index in [9.17, 15) is 9.59 Å². The van der Waals surface area contributed by atoms with Crippen LogP contribution in [0.1, 0.15) is 38.7 Å². The van der Waals surface area contributed by atoms with E-state index in [-0.39, 0.29) is 31.0 Å². The van der Waals surface area contributed by atoms with Crippen molar-refractivity contribution in [2.45, 2.75) is 39.7 Å². The SMILES string of the molecule is C=CC(/C=C(\CC(=C)N)C(=O)N(CCC)CCC)=C(N)\C=C\c1ccc2c(=O)n(CCO)cnc2c1. The third kappa shape index (κ3) is 7.55. The van der Waals surface area contributed by atoms with E-state index in [2.05, 4.69) is 18.1 Å². The van der Waals surface area contributed by atoms with Gasteiger partial charge >= 0.3 is 0 Å². The Labute approximate surface area is 212 Å². The molecule has 2 rings (SSSR count). The second-order valence-corrected chi connectivity index (χ2v) is 8.49.